The first kappa shape index (κ1) is 13.0. The summed E-state index contributed by atoms with van der Waals surface area (Å²) in [4.78, 5) is 13.1. The SMILES string of the molecule is Cc1ccc2cc(N(C)C3CC(C(=O)O)C3)ccc2c1. The minimum atomic E-state index is -0.663. The summed E-state index contributed by atoms with van der Waals surface area (Å²) in [6.07, 6.45) is 1.50. The second-order valence-electron chi connectivity index (χ2n) is 5.81. The lowest BCUT2D eigenvalue weighted by Crippen LogP contribution is -2.45. The molecular weight excluding hydrogens is 250 g/mol. The summed E-state index contributed by atoms with van der Waals surface area (Å²) in [5.74, 6) is -0.825. The van der Waals surface area contributed by atoms with Gasteiger partial charge in [-0.25, -0.2) is 0 Å². The van der Waals surface area contributed by atoms with Gasteiger partial charge in [-0.05, 0) is 42.7 Å². The van der Waals surface area contributed by atoms with Gasteiger partial charge >= 0.3 is 5.97 Å². The van der Waals surface area contributed by atoms with E-state index in [4.69, 9.17) is 5.11 Å². The van der Waals surface area contributed by atoms with Gasteiger partial charge in [-0.2, -0.15) is 0 Å². The van der Waals surface area contributed by atoms with E-state index in [-0.39, 0.29) is 5.92 Å². The molecule has 0 radical (unpaired) electrons. The fourth-order valence-electron chi connectivity index (χ4n) is 2.89. The number of aryl methyl sites for hydroxylation is 1. The van der Waals surface area contributed by atoms with Gasteiger partial charge in [-0.1, -0.05) is 29.8 Å². The van der Waals surface area contributed by atoms with Crippen LogP contribution in [0.25, 0.3) is 10.8 Å². The van der Waals surface area contributed by atoms with E-state index in [2.05, 4.69) is 55.3 Å². The molecule has 0 aromatic heterocycles. The van der Waals surface area contributed by atoms with E-state index in [0.717, 1.165) is 18.5 Å². The second kappa shape index (κ2) is 4.82. The van der Waals surface area contributed by atoms with Crippen LogP contribution in [0.1, 0.15) is 18.4 Å². The lowest BCUT2D eigenvalue weighted by Gasteiger charge is -2.40. The van der Waals surface area contributed by atoms with Crippen molar-refractivity contribution in [2.24, 2.45) is 5.92 Å². The number of carboxylic acids is 1. The van der Waals surface area contributed by atoms with E-state index in [1.165, 1.54) is 16.3 Å². The predicted molar refractivity (Wildman–Crippen MR) is 81.2 cm³/mol. The third-order valence-corrected chi connectivity index (χ3v) is 4.40. The van der Waals surface area contributed by atoms with Gasteiger partial charge in [0.15, 0.2) is 0 Å². The molecule has 1 aliphatic rings. The number of benzene rings is 2. The highest BCUT2D eigenvalue weighted by molar-refractivity contribution is 5.86. The van der Waals surface area contributed by atoms with Crippen LogP contribution in [0.4, 0.5) is 5.69 Å². The van der Waals surface area contributed by atoms with E-state index < -0.39 is 5.97 Å². The highest BCUT2D eigenvalue weighted by atomic mass is 16.4. The highest BCUT2D eigenvalue weighted by Crippen LogP contribution is 2.34. The first-order valence-electron chi connectivity index (χ1n) is 7.00. The van der Waals surface area contributed by atoms with Crippen molar-refractivity contribution in [2.75, 3.05) is 11.9 Å². The zero-order chi connectivity index (χ0) is 14.3. The minimum absolute atomic E-state index is 0.162. The molecule has 2 aromatic carbocycles. The Morgan fingerprint density at radius 2 is 1.80 bits per heavy atom. The molecule has 3 nitrogen and oxygen atoms in total. The number of rotatable bonds is 3. The highest BCUT2D eigenvalue weighted by Gasteiger charge is 2.36. The number of fused-ring (bicyclic) bond motifs is 1. The number of hydrogen-bond acceptors (Lipinski definition) is 2. The Morgan fingerprint density at radius 3 is 2.50 bits per heavy atom. The Morgan fingerprint density at radius 1 is 1.15 bits per heavy atom. The Balaban J connectivity index is 1.80. The van der Waals surface area contributed by atoms with Crippen LogP contribution in [-0.2, 0) is 4.79 Å². The maximum atomic E-state index is 10.9. The Bertz CT molecular complexity index is 659. The van der Waals surface area contributed by atoms with Crippen LogP contribution in [0.3, 0.4) is 0 Å². The molecule has 0 saturated heterocycles. The quantitative estimate of drug-likeness (QED) is 0.927. The number of carboxylic acid groups (broad SMARTS) is 1. The summed E-state index contributed by atoms with van der Waals surface area (Å²) >= 11 is 0. The molecule has 0 bridgehead atoms. The van der Waals surface area contributed by atoms with Crippen LogP contribution < -0.4 is 4.90 Å². The Hall–Kier alpha value is -2.03. The van der Waals surface area contributed by atoms with E-state index in [9.17, 15) is 4.79 Å². The van der Waals surface area contributed by atoms with Crippen LogP contribution in [0.5, 0.6) is 0 Å². The van der Waals surface area contributed by atoms with Crippen molar-refractivity contribution in [1.29, 1.82) is 0 Å². The smallest absolute Gasteiger partial charge is 0.306 e. The normalized spacial score (nSPS) is 21.5. The maximum absolute atomic E-state index is 10.9. The topological polar surface area (TPSA) is 40.5 Å². The molecule has 0 heterocycles. The van der Waals surface area contributed by atoms with Crippen LogP contribution in [-0.4, -0.2) is 24.2 Å². The fourth-order valence-corrected chi connectivity index (χ4v) is 2.89. The van der Waals surface area contributed by atoms with Gasteiger partial charge < -0.3 is 10.0 Å². The van der Waals surface area contributed by atoms with Crippen LogP contribution in [0.2, 0.25) is 0 Å². The van der Waals surface area contributed by atoms with Crippen molar-refractivity contribution in [3.8, 4) is 0 Å². The molecule has 20 heavy (non-hydrogen) atoms. The van der Waals surface area contributed by atoms with Gasteiger partial charge in [0.2, 0.25) is 0 Å². The van der Waals surface area contributed by atoms with Crippen molar-refractivity contribution in [2.45, 2.75) is 25.8 Å². The van der Waals surface area contributed by atoms with E-state index in [1.54, 1.807) is 0 Å². The summed E-state index contributed by atoms with van der Waals surface area (Å²) in [6, 6.07) is 13.2. The number of aliphatic carboxylic acids is 1. The number of carbonyl (C=O) groups is 1. The van der Waals surface area contributed by atoms with Crippen molar-refractivity contribution in [3.63, 3.8) is 0 Å². The minimum Gasteiger partial charge on any atom is -0.481 e. The van der Waals surface area contributed by atoms with Crippen molar-refractivity contribution in [1.82, 2.24) is 0 Å². The van der Waals surface area contributed by atoms with Gasteiger partial charge in [-0.3, -0.25) is 4.79 Å². The molecule has 0 unspecified atom stereocenters. The third-order valence-electron chi connectivity index (χ3n) is 4.40. The molecule has 2 aromatic rings. The average molecular weight is 269 g/mol. The summed E-state index contributed by atoms with van der Waals surface area (Å²) in [5.41, 5.74) is 2.43. The molecule has 1 aliphatic carbocycles. The first-order chi connectivity index (χ1) is 9.54. The third kappa shape index (κ3) is 2.24. The average Bonchev–Trinajstić information content (AvgIpc) is 2.35. The molecule has 3 rings (SSSR count). The zero-order valence-electron chi connectivity index (χ0n) is 11.8. The first-order valence-corrected chi connectivity index (χ1v) is 7.00. The molecule has 1 saturated carbocycles. The molecule has 1 N–H and O–H groups in total. The van der Waals surface area contributed by atoms with E-state index in [1.807, 2.05) is 0 Å². The van der Waals surface area contributed by atoms with E-state index >= 15 is 0 Å². The molecule has 0 atom stereocenters. The summed E-state index contributed by atoms with van der Waals surface area (Å²) in [7, 11) is 2.05. The summed E-state index contributed by atoms with van der Waals surface area (Å²) in [5, 5.41) is 11.4. The molecule has 104 valence electrons. The van der Waals surface area contributed by atoms with Gasteiger partial charge in [0.1, 0.15) is 0 Å². The Labute approximate surface area is 118 Å². The lowest BCUT2D eigenvalue weighted by atomic mass is 9.79. The number of hydrogen-bond donors (Lipinski definition) is 1. The van der Waals surface area contributed by atoms with E-state index in [0.29, 0.717) is 6.04 Å². The molecule has 1 fully saturated rings. The molecule has 0 aliphatic heterocycles. The monoisotopic (exact) mass is 269 g/mol. The van der Waals surface area contributed by atoms with Crippen molar-refractivity contribution in [3.05, 3.63) is 42.0 Å². The molecular formula is C17H19NO2. The van der Waals surface area contributed by atoms with Gasteiger partial charge in [0.25, 0.3) is 0 Å². The van der Waals surface area contributed by atoms with Gasteiger partial charge in [0, 0.05) is 18.8 Å². The van der Waals surface area contributed by atoms with Crippen LogP contribution in [0, 0.1) is 12.8 Å². The summed E-state index contributed by atoms with van der Waals surface area (Å²) < 4.78 is 0. The fraction of sp³-hybridized carbons (Fsp3) is 0.353. The Kier molecular flexibility index (Phi) is 3.13. The summed E-state index contributed by atoms with van der Waals surface area (Å²) in [6.45, 7) is 2.10. The van der Waals surface area contributed by atoms with Crippen LogP contribution >= 0.6 is 0 Å². The largest absolute Gasteiger partial charge is 0.481 e. The lowest BCUT2D eigenvalue weighted by molar-refractivity contribution is -0.145. The van der Waals surface area contributed by atoms with Gasteiger partial charge in [0.05, 0.1) is 5.92 Å². The van der Waals surface area contributed by atoms with Crippen molar-refractivity contribution >= 4 is 22.4 Å². The number of anilines is 1. The zero-order valence-corrected chi connectivity index (χ0v) is 11.8. The molecule has 0 spiro atoms. The van der Waals surface area contributed by atoms with Crippen molar-refractivity contribution < 1.29 is 9.90 Å². The molecule has 0 amide bonds. The molecule has 3 heteroatoms. The standard InChI is InChI=1S/C17H19NO2/c1-11-3-4-13-8-15(6-5-12(13)7-11)18(2)16-9-14(10-16)17(19)20/h3-8,14,16H,9-10H2,1-2H3,(H,19,20). The second-order valence-corrected chi connectivity index (χ2v) is 5.81. The van der Waals surface area contributed by atoms with Gasteiger partial charge in [-0.15, -0.1) is 0 Å². The van der Waals surface area contributed by atoms with Crippen LogP contribution in [0.15, 0.2) is 36.4 Å². The number of nitrogens with zero attached hydrogens (tertiary/aromatic N) is 1. The maximum Gasteiger partial charge on any atom is 0.306 e. The predicted octanol–water partition coefficient (Wildman–Crippen LogP) is 3.45.